The molecule has 5 N–H and O–H groups in total. The Bertz CT molecular complexity index is 1470. The van der Waals surface area contributed by atoms with Gasteiger partial charge in [0.05, 0.1) is 11.1 Å². The minimum absolute atomic E-state index is 0.139. The maximum absolute atomic E-state index is 13.8. The molecule has 2 aromatic carbocycles. The van der Waals surface area contributed by atoms with Crippen LogP contribution in [0.1, 0.15) is 111 Å². The summed E-state index contributed by atoms with van der Waals surface area (Å²) in [4.78, 5) is 45.8. The zero-order valence-corrected chi connectivity index (χ0v) is 30.7. The van der Waals surface area contributed by atoms with Crippen molar-refractivity contribution >= 4 is 23.6 Å². The van der Waals surface area contributed by atoms with Crippen molar-refractivity contribution in [3.8, 4) is 0 Å². The quantitative estimate of drug-likeness (QED) is 0.0854. The van der Waals surface area contributed by atoms with Gasteiger partial charge >= 0.3 is 0 Å². The van der Waals surface area contributed by atoms with Gasteiger partial charge < -0.3 is 31.5 Å². The van der Waals surface area contributed by atoms with Crippen molar-refractivity contribution in [2.75, 3.05) is 62.6 Å². The van der Waals surface area contributed by atoms with Gasteiger partial charge in [-0.15, -0.1) is 0 Å². The molecule has 0 atom stereocenters. The van der Waals surface area contributed by atoms with Crippen molar-refractivity contribution in [2.24, 2.45) is 5.73 Å². The van der Waals surface area contributed by atoms with Crippen molar-refractivity contribution in [3.63, 3.8) is 0 Å². The van der Waals surface area contributed by atoms with Gasteiger partial charge in [-0.1, -0.05) is 88.1 Å². The third-order valence-corrected chi connectivity index (χ3v) is 9.11. The molecule has 0 unspecified atom stereocenters. The van der Waals surface area contributed by atoms with Gasteiger partial charge in [0.2, 0.25) is 11.9 Å². The van der Waals surface area contributed by atoms with Crippen molar-refractivity contribution in [1.29, 1.82) is 0 Å². The molecule has 1 aliphatic heterocycles. The number of hydrogen-bond donors (Lipinski definition) is 4. The third-order valence-electron chi connectivity index (χ3n) is 9.11. The predicted octanol–water partition coefficient (Wildman–Crippen LogP) is 5.38. The number of carbonyl (C=O) groups excluding carboxylic acids is 2. The van der Waals surface area contributed by atoms with E-state index in [9.17, 15) is 9.59 Å². The first kappa shape index (κ1) is 38.9. The molecule has 1 aliphatic rings. The zero-order chi connectivity index (χ0) is 35.8. The highest BCUT2D eigenvalue weighted by Crippen LogP contribution is 2.23. The lowest BCUT2D eigenvalue weighted by atomic mass is 9.97. The molecule has 3 aromatic rings. The fourth-order valence-electron chi connectivity index (χ4n) is 6.05. The highest BCUT2D eigenvalue weighted by molar-refractivity contribution is 6.15. The number of nitrogens with one attached hydrogen (secondary N) is 3. The van der Waals surface area contributed by atoms with Gasteiger partial charge in [0.25, 0.3) is 5.91 Å². The summed E-state index contributed by atoms with van der Waals surface area (Å²) in [5.74, 6) is 1.59. The number of piperazine rings is 1. The summed E-state index contributed by atoms with van der Waals surface area (Å²) in [5.41, 5.74) is 6.62. The summed E-state index contributed by atoms with van der Waals surface area (Å²) in [6.07, 6.45) is 8.94. The van der Waals surface area contributed by atoms with Crippen LogP contribution in [0.25, 0.3) is 0 Å². The van der Waals surface area contributed by atoms with Crippen LogP contribution in [0.15, 0.2) is 54.6 Å². The number of nitrogens with two attached hydrogens (primary N) is 1. The smallest absolute Gasteiger partial charge is 0.254 e. The molecule has 1 amide bonds. The van der Waals surface area contributed by atoms with Crippen LogP contribution in [0.5, 0.6) is 0 Å². The van der Waals surface area contributed by atoms with E-state index in [-0.39, 0.29) is 11.7 Å². The molecule has 2 heterocycles. The van der Waals surface area contributed by atoms with Crippen LogP contribution in [-0.4, -0.2) is 89.9 Å². The summed E-state index contributed by atoms with van der Waals surface area (Å²) in [6.45, 7) is 14.2. The van der Waals surface area contributed by atoms with Crippen molar-refractivity contribution < 1.29 is 9.59 Å². The van der Waals surface area contributed by atoms with Crippen LogP contribution in [0.2, 0.25) is 0 Å². The fourth-order valence-corrected chi connectivity index (χ4v) is 6.05. The van der Waals surface area contributed by atoms with Crippen molar-refractivity contribution in [1.82, 2.24) is 30.5 Å². The molecule has 0 aliphatic carbocycles. The van der Waals surface area contributed by atoms with Crippen LogP contribution < -0.4 is 26.6 Å². The summed E-state index contributed by atoms with van der Waals surface area (Å²) in [6, 6.07) is 16.7. The number of anilines is 2. The summed E-state index contributed by atoms with van der Waals surface area (Å²) < 4.78 is 0. The number of unbranched alkanes of at least 4 members (excludes halogenated alkanes) is 6. The molecule has 50 heavy (non-hydrogen) atoms. The Kier molecular flexibility index (Phi) is 15.6. The van der Waals surface area contributed by atoms with Crippen LogP contribution in [0.4, 0.5) is 11.9 Å². The van der Waals surface area contributed by atoms with E-state index in [1.165, 1.54) is 12.8 Å². The lowest BCUT2D eigenvalue weighted by molar-refractivity contribution is 0.0742. The molecule has 0 bridgehead atoms. The van der Waals surface area contributed by atoms with Crippen molar-refractivity contribution in [3.05, 3.63) is 77.1 Å². The highest BCUT2D eigenvalue weighted by atomic mass is 16.2. The number of nitrogens with zero attached hydrogens (tertiary/aromatic N) is 5. The number of amides is 1. The Hall–Kier alpha value is -3.93. The maximum Gasteiger partial charge on any atom is 0.254 e. The number of benzene rings is 2. The van der Waals surface area contributed by atoms with Gasteiger partial charge in [-0.25, -0.2) is 0 Å². The first-order chi connectivity index (χ1) is 24.2. The molecule has 0 saturated carbocycles. The van der Waals surface area contributed by atoms with E-state index in [1.54, 1.807) is 30.3 Å². The molecule has 272 valence electrons. The Balaban J connectivity index is 1.42. The topological polar surface area (TPSA) is 141 Å². The van der Waals surface area contributed by atoms with Gasteiger partial charge in [0.15, 0.2) is 11.6 Å². The Morgan fingerprint density at radius 3 is 2.06 bits per heavy atom. The largest absolute Gasteiger partial charge is 0.354 e. The molecule has 1 saturated heterocycles. The first-order valence-corrected chi connectivity index (χ1v) is 18.6. The molecule has 4 rings (SSSR count). The second-order valence-corrected chi connectivity index (χ2v) is 14.0. The summed E-state index contributed by atoms with van der Waals surface area (Å²) >= 11 is 0. The van der Waals surface area contributed by atoms with Crippen LogP contribution in [0.3, 0.4) is 0 Å². The average Bonchev–Trinajstić information content (AvgIpc) is 3.13. The number of carbonyl (C=O) groups is 2. The Morgan fingerprint density at radius 2 is 1.38 bits per heavy atom. The van der Waals surface area contributed by atoms with Crippen LogP contribution >= 0.6 is 0 Å². The van der Waals surface area contributed by atoms with E-state index in [0.717, 1.165) is 64.7 Å². The first-order valence-electron chi connectivity index (χ1n) is 18.6. The fraction of sp³-hybridized carbons (Fsp3) is 0.564. The van der Waals surface area contributed by atoms with E-state index < -0.39 is 5.54 Å². The van der Waals surface area contributed by atoms with E-state index in [1.807, 2.05) is 29.2 Å². The Labute approximate surface area is 299 Å². The average molecular weight is 686 g/mol. The summed E-state index contributed by atoms with van der Waals surface area (Å²) in [5, 5.41) is 10.6. The number of hydrogen-bond acceptors (Lipinski definition) is 10. The van der Waals surface area contributed by atoms with Crippen LogP contribution in [-0.2, 0) is 5.54 Å². The van der Waals surface area contributed by atoms with E-state index in [2.05, 4.69) is 48.5 Å². The van der Waals surface area contributed by atoms with E-state index in [0.29, 0.717) is 66.6 Å². The number of rotatable bonds is 21. The lowest BCUT2D eigenvalue weighted by Gasteiger charge is -2.35. The standard InChI is InChI=1S/C39H59N9O2/c1-30(2)41-23-15-7-8-16-24-42-37-44-36(39(3,4)43-25-17-6-5-14-22-40)45-38(46-37)48-28-26-47(27-29-48)35(50)33-21-13-12-20-32(33)34(49)31-18-10-9-11-19-31/h9-13,18-21,30,41,43H,5-8,14-17,22-29,40H2,1-4H3,(H,42,44,45,46). The molecular formula is C39H59N9O2. The molecule has 11 heteroatoms. The second kappa shape index (κ2) is 20.1. The minimum Gasteiger partial charge on any atom is -0.354 e. The van der Waals surface area contributed by atoms with Gasteiger partial charge in [0.1, 0.15) is 0 Å². The molecule has 0 spiro atoms. The minimum atomic E-state index is -0.460. The lowest BCUT2D eigenvalue weighted by Crippen LogP contribution is -2.50. The van der Waals surface area contributed by atoms with Gasteiger partial charge in [-0.05, 0) is 65.2 Å². The van der Waals surface area contributed by atoms with E-state index >= 15 is 0 Å². The van der Waals surface area contributed by atoms with Gasteiger partial charge in [-0.2, -0.15) is 15.0 Å². The van der Waals surface area contributed by atoms with E-state index in [4.69, 9.17) is 20.7 Å². The monoisotopic (exact) mass is 685 g/mol. The van der Waals surface area contributed by atoms with Crippen molar-refractivity contribution in [2.45, 2.75) is 90.6 Å². The molecular weight excluding hydrogens is 626 g/mol. The normalized spacial score (nSPS) is 13.6. The second-order valence-electron chi connectivity index (χ2n) is 14.0. The Morgan fingerprint density at radius 1 is 0.760 bits per heavy atom. The molecule has 1 fully saturated rings. The third kappa shape index (κ3) is 11.8. The predicted molar refractivity (Wildman–Crippen MR) is 203 cm³/mol. The summed E-state index contributed by atoms with van der Waals surface area (Å²) in [7, 11) is 0. The number of ketones is 1. The maximum atomic E-state index is 13.8. The van der Waals surface area contributed by atoms with Gasteiger partial charge in [-0.3, -0.25) is 9.59 Å². The zero-order valence-electron chi connectivity index (χ0n) is 30.7. The highest BCUT2D eigenvalue weighted by Gasteiger charge is 2.29. The SMILES string of the molecule is CC(C)NCCCCCCNc1nc(N2CCN(C(=O)c3ccccc3C(=O)c3ccccc3)CC2)nc(C(C)(C)NCCCCCCN)n1. The number of aromatic nitrogens is 3. The molecule has 11 nitrogen and oxygen atoms in total. The molecule has 1 aromatic heterocycles. The van der Waals surface area contributed by atoms with Gasteiger partial charge in [0, 0.05) is 49.9 Å². The molecule has 0 radical (unpaired) electrons. The van der Waals surface area contributed by atoms with Crippen LogP contribution in [0, 0.1) is 0 Å².